The van der Waals surface area contributed by atoms with Crippen molar-refractivity contribution in [3.05, 3.63) is 10.1 Å². The van der Waals surface area contributed by atoms with Crippen LogP contribution in [0, 0.1) is 5.41 Å². The van der Waals surface area contributed by atoms with Crippen molar-refractivity contribution in [2.24, 2.45) is 5.41 Å². The molecule has 0 saturated heterocycles. The number of aliphatic carboxylic acids is 1. The third kappa shape index (κ3) is 1.75. The van der Waals surface area contributed by atoms with Gasteiger partial charge < -0.3 is 5.11 Å². The second-order valence-corrected chi connectivity index (χ2v) is 4.26. The van der Waals surface area contributed by atoms with Gasteiger partial charge in [0.25, 0.3) is 0 Å². The molecule has 0 aromatic heterocycles. The largest absolute Gasteiger partial charge is 0.481 e. The number of hydrogen-bond donors (Lipinski definition) is 1. The van der Waals surface area contributed by atoms with Gasteiger partial charge in [0.2, 0.25) is 0 Å². The van der Waals surface area contributed by atoms with Crippen LogP contribution in [0.4, 0.5) is 0 Å². The van der Waals surface area contributed by atoms with E-state index in [-0.39, 0.29) is 0 Å². The van der Waals surface area contributed by atoms with Gasteiger partial charge in [-0.05, 0) is 19.8 Å². The molecule has 0 bridgehead atoms. The summed E-state index contributed by atoms with van der Waals surface area (Å²) in [5, 5.41) is 9.98. The number of carboxylic acid groups (broad SMARTS) is 1. The molecule has 1 aliphatic carbocycles. The summed E-state index contributed by atoms with van der Waals surface area (Å²) in [6, 6.07) is 0. The van der Waals surface area contributed by atoms with Crippen molar-refractivity contribution >= 4 is 29.2 Å². The Morgan fingerprint density at radius 1 is 1.50 bits per heavy atom. The molecule has 68 valence electrons. The van der Waals surface area contributed by atoms with Crippen molar-refractivity contribution < 1.29 is 9.90 Å². The number of hydrogen-bond acceptors (Lipinski definition) is 1. The van der Waals surface area contributed by atoms with E-state index in [2.05, 4.69) is 0 Å². The van der Waals surface area contributed by atoms with E-state index in [9.17, 15) is 4.79 Å². The summed E-state index contributed by atoms with van der Waals surface area (Å²) in [5.74, 6) is -0.801. The van der Waals surface area contributed by atoms with E-state index in [4.69, 9.17) is 28.3 Å². The minimum atomic E-state index is -0.801. The fourth-order valence-electron chi connectivity index (χ4n) is 1.23. The van der Waals surface area contributed by atoms with Crippen LogP contribution in [0.2, 0.25) is 0 Å². The molecule has 1 N–H and O–H groups in total. The summed E-state index contributed by atoms with van der Waals surface area (Å²) in [6.45, 7) is 1.70. The average Bonchev–Trinajstić information content (AvgIpc) is 1.97. The van der Waals surface area contributed by atoms with Gasteiger partial charge in [-0.2, -0.15) is 0 Å². The first-order chi connectivity index (χ1) is 5.46. The highest BCUT2D eigenvalue weighted by Gasteiger charge is 2.37. The van der Waals surface area contributed by atoms with Crippen molar-refractivity contribution in [2.75, 3.05) is 0 Å². The van der Waals surface area contributed by atoms with Crippen molar-refractivity contribution in [1.82, 2.24) is 0 Å². The van der Waals surface area contributed by atoms with E-state index in [0.29, 0.717) is 29.3 Å². The molecule has 1 unspecified atom stereocenters. The summed E-state index contributed by atoms with van der Waals surface area (Å²) in [5.41, 5.74) is -0.727. The van der Waals surface area contributed by atoms with E-state index in [1.165, 1.54) is 0 Å². The minimum absolute atomic E-state index is 0.350. The normalized spacial score (nSPS) is 30.6. The molecule has 0 spiro atoms. The zero-order chi connectivity index (χ0) is 9.35. The maximum atomic E-state index is 10.8. The van der Waals surface area contributed by atoms with Crippen LogP contribution in [-0.4, -0.2) is 11.1 Å². The van der Waals surface area contributed by atoms with Crippen LogP contribution >= 0.6 is 23.2 Å². The van der Waals surface area contributed by atoms with Crippen LogP contribution in [0.5, 0.6) is 0 Å². The van der Waals surface area contributed by atoms with Gasteiger partial charge in [-0.3, -0.25) is 4.79 Å². The lowest BCUT2D eigenvalue weighted by Crippen LogP contribution is -2.29. The van der Waals surface area contributed by atoms with Gasteiger partial charge in [0.15, 0.2) is 0 Å². The van der Waals surface area contributed by atoms with Gasteiger partial charge in [0.1, 0.15) is 0 Å². The van der Waals surface area contributed by atoms with E-state index in [1.54, 1.807) is 6.92 Å². The Labute approximate surface area is 81.2 Å². The van der Waals surface area contributed by atoms with Gasteiger partial charge in [-0.25, -0.2) is 0 Å². The molecule has 0 fully saturated rings. The number of carboxylic acids is 1. The zero-order valence-electron chi connectivity index (χ0n) is 6.73. The van der Waals surface area contributed by atoms with Gasteiger partial charge in [-0.15, -0.1) is 0 Å². The summed E-state index contributed by atoms with van der Waals surface area (Å²) in [7, 11) is 0. The molecule has 0 amide bonds. The van der Waals surface area contributed by atoms with Crippen molar-refractivity contribution in [2.45, 2.75) is 26.2 Å². The van der Waals surface area contributed by atoms with Crippen LogP contribution in [0.1, 0.15) is 26.2 Å². The van der Waals surface area contributed by atoms with Crippen molar-refractivity contribution in [3.8, 4) is 0 Å². The van der Waals surface area contributed by atoms with E-state index in [1.807, 2.05) is 0 Å². The molecule has 0 saturated carbocycles. The summed E-state index contributed by atoms with van der Waals surface area (Å²) in [4.78, 5) is 10.8. The molecule has 12 heavy (non-hydrogen) atoms. The number of rotatable bonds is 1. The van der Waals surface area contributed by atoms with Gasteiger partial charge >= 0.3 is 5.97 Å². The van der Waals surface area contributed by atoms with Crippen LogP contribution in [0.15, 0.2) is 10.1 Å². The van der Waals surface area contributed by atoms with Crippen molar-refractivity contribution in [3.63, 3.8) is 0 Å². The van der Waals surface area contributed by atoms with E-state index in [0.717, 1.165) is 0 Å². The zero-order valence-corrected chi connectivity index (χ0v) is 8.24. The molecular weight excluding hydrogens is 199 g/mol. The Hall–Kier alpha value is -0.210. The Morgan fingerprint density at radius 3 is 2.50 bits per heavy atom. The van der Waals surface area contributed by atoms with E-state index < -0.39 is 11.4 Å². The smallest absolute Gasteiger partial charge is 0.309 e. The fraction of sp³-hybridized carbons (Fsp3) is 0.625. The lowest BCUT2D eigenvalue weighted by Gasteiger charge is -2.28. The molecule has 1 rings (SSSR count). The highest BCUT2D eigenvalue weighted by Crippen LogP contribution is 2.41. The van der Waals surface area contributed by atoms with Gasteiger partial charge in [0.05, 0.1) is 5.41 Å². The molecule has 0 heterocycles. The number of halogens is 2. The lowest BCUT2D eigenvalue weighted by atomic mass is 9.79. The highest BCUT2D eigenvalue weighted by atomic mass is 35.5. The number of allylic oxidation sites excluding steroid dienone is 2. The predicted molar refractivity (Wildman–Crippen MR) is 48.3 cm³/mol. The predicted octanol–water partition coefficient (Wildman–Crippen LogP) is 2.95. The molecular formula is C8H10Cl2O2. The lowest BCUT2D eigenvalue weighted by molar-refractivity contribution is -0.148. The van der Waals surface area contributed by atoms with Crippen molar-refractivity contribution in [1.29, 1.82) is 0 Å². The Balaban J connectivity index is 2.84. The molecule has 4 heteroatoms. The highest BCUT2D eigenvalue weighted by molar-refractivity contribution is 6.39. The first-order valence-corrected chi connectivity index (χ1v) is 4.48. The first kappa shape index (κ1) is 9.87. The standard InChI is InChI=1S/C8H10Cl2O2/c1-8(7(11)12)3-2-5(9)6(10)4-8/h2-4H2,1H3,(H,11,12). The molecule has 1 atom stereocenters. The van der Waals surface area contributed by atoms with Gasteiger partial charge in [-0.1, -0.05) is 23.2 Å². The molecule has 2 nitrogen and oxygen atoms in total. The second-order valence-electron chi connectivity index (χ2n) is 3.35. The minimum Gasteiger partial charge on any atom is -0.481 e. The third-order valence-electron chi connectivity index (χ3n) is 2.25. The van der Waals surface area contributed by atoms with Crippen LogP contribution in [-0.2, 0) is 4.79 Å². The maximum Gasteiger partial charge on any atom is 0.309 e. The quantitative estimate of drug-likeness (QED) is 0.720. The Morgan fingerprint density at radius 2 is 2.08 bits per heavy atom. The molecule has 0 aromatic carbocycles. The van der Waals surface area contributed by atoms with E-state index >= 15 is 0 Å². The fourth-order valence-corrected chi connectivity index (χ4v) is 1.78. The Bertz CT molecular complexity index is 247. The van der Waals surface area contributed by atoms with Crippen LogP contribution < -0.4 is 0 Å². The topological polar surface area (TPSA) is 37.3 Å². The average molecular weight is 209 g/mol. The van der Waals surface area contributed by atoms with Crippen LogP contribution in [0.25, 0.3) is 0 Å². The summed E-state index contributed by atoms with van der Waals surface area (Å²) >= 11 is 11.5. The molecule has 0 radical (unpaired) electrons. The van der Waals surface area contributed by atoms with Gasteiger partial charge in [0, 0.05) is 16.5 Å². The summed E-state index contributed by atoms with van der Waals surface area (Å²) in [6.07, 6.45) is 1.49. The van der Waals surface area contributed by atoms with Crippen LogP contribution in [0.3, 0.4) is 0 Å². The second kappa shape index (κ2) is 3.27. The monoisotopic (exact) mass is 208 g/mol. The number of carbonyl (C=O) groups is 1. The Kier molecular flexibility index (Phi) is 2.69. The SMILES string of the molecule is CC1(C(=O)O)CCC(Cl)=C(Cl)C1. The summed E-state index contributed by atoms with van der Waals surface area (Å²) < 4.78 is 0. The third-order valence-corrected chi connectivity index (χ3v) is 3.13. The maximum absolute atomic E-state index is 10.8. The molecule has 1 aliphatic rings. The first-order valence-electron chi connectivity index (χ1n) is 3.72. The molecule has 0 aliphatic heterocycles. The molecule has 0 aromatic rings.